The number of carboxylic acid groups (broad SMARTS) is 1. The molecule has 0 spiro atoms. The third-order valence-electron chi connectivity index (χ3n) is 2.37. The summed E-state index contributed by atoms with van der Waals surface area (Å²) in [6.07, 6.45) is -0.196. The van der Waals surface area contributed by atoms with Gasteiger partial charge < -0.3 is 9.84 Å². The van der Waals surface area contributed by atoms with Crippen LogP contribution >= 0.6 is 11.3 Å². The monoisotopic (exact) mass is 267 g/mol. The highest BCUT2D eigenvalue weighted by Gasteiger charge is 2.16. The Labute approximate surface area is 107 Å². The zero-order valence-electron chi connectivity index (χ0n) is 9.51. The van der Waals surface area contributed by atoms with Gasteiger partial charge >= 0.3 is 5.97 Å². The number of hydrogen-bond donors (Lipinski definition) is 1. The van der Waals surface area contributed by atoms with Crippen LogP contribution in [0.4, 0.5) is 4.39 Å². The summed E-state index contributed by atoms with van der Waals surface area (Å²) in [4.78, 5) is 15.3. The van der Waals surface area contributed by atoms with E-state index in [9.17, 15) is 9.18 Å². The van der Waals surface area contributed by atoms with Crippen molar-refractivity contribution in [2.45, 2.75) is 6.42 Å². The standard InChI is InChI=1S/C12H10FNO3S/c1-17-10-3-2-7(13)4-8(10)12-9(5-11(15)16)14-6-18-12/h2-4,6H,5H2,1H3,(H,15,16). The Morgan fingerprint density at radius 1 is 1.56 bits per heavy atom. The lowest BCUT2D eigenvalue weighted by atomic mass is 10.1. The molecule has 0 aliphatic heterocycles. The molecule has 0 amide bonds. The van der Waals surface area contributed by atoms with Gasteiger partial charge in [0.1, 0.15) is 11.6 Å². The predicted molar refractivity (Wildman–Crippen MR) is 65.4 cm³/mol. The molecule has 18 heavy (non-hydrogen) atoms. The normalized spacial score (nSPS) is 10.3. The van der Waals surface area contributed by atoms with Gasteiger partial charge in [-0.2, -0.15) is 0 Å². The first-order valence-corrected chi connectivity index (χ1v) is 5.98. The quantitative estimate of drug-likeness (QED) is 0.925. The van der Waals surface area contributed by atoms with Crippen molar-refractivity contribution in [2.75, 3.05) is 7.11 Å². The van der Waals surface area contributed by atoms with Gasteiger partial charge in [0.05, 0.1) is 29.6 Å². The molecule has 94 valence electrons. The average Bonchev–Trinajstić information content (AvgIpc) is 2.76. The van der Waals surface area contributed by atoms with Gasteiger partial charge in [-0.3, -0.25) is 4.79 Å². The molecule has 1 heterocycles. The van der Waals surface area contributed by atoms with Gasteiger partial charge in [-0.15, -0.1) is 11.3 Å². The van der Waals surface area contributed by atoms with Gasteiger partial charge in [0.25, 0.3) is 0 Å². The van der Waals surface area contributed by atoms with Crippen LogP contribution in [0.1, 0.15) is 5.69 Å². The maximum Gasteiger partial charge on any atom is 0.309 e. The Bertz CT molecular complexity index is 582. The third kappa shape index (κ3) is 2.48. The van der Waals surface area contributed by atoms with Crippen molar-refractivity contribution in [1.29, 1.82) is 0 Å². The second-order valence-corrected chi connectivity index (χ2v) is 4.40. The van der Waals surface area contributed by atoms with Gasteiger partial charge in [-0.05, 0) is 18.2 Å². The molecule has 0 saturated carbocycles. The molecular weight excluding hydrogens is 257 g/mol. The topological polar surface area (TPSA) is 59.4 Å². The summed E-state index contributed by atoms with van der Waals surface area (Å²) < 4.78 is 18.4. The minimum absolute atomic E-state index is 0.196. The largest absolute Gasteiger partial charge is 0.496 e. The second-order valence-electron chi connectivity index (χ2n) is 3.54. The maximum atomic E-state index is 13.3. The van der Waals surface area contributed by atoms with Crippen LogP contribution in [0.2, 0.25) is 0 Å². The molecule has 1 aromatic heterocycles. The number of aromatic nitrogens is 1. The van der Waals surface area contributed by atoms with Crippen molar-refractivity contribution in [1.82, 2.24) is 4.98 Å². The summed E-state index contributed by atoms with van der Waals surface area (Å²) >= 11 is 1.26. The minimum atomic E-state index is -0.975. The second kappa shape index (κ2) is 5.14. The molecule has 0 bridgehead atoms. The molecule has 2 aromatic rings. The molecule has 6 heteroatoms. The maximum absolute atomic E-state index is 13.3. The fraction of sp³-hybridized carbons (Fsp3) is 0.167. The van der Waals surface area contributed by atoms with Crippen LogP contribution in [0.3, 0.4) is 0 Å². The summed E-state index contributed by atoms with van der Waals surface area (Å²) in [7, 11) is 1.48. The minimum Gasteiger partial charge on any atom is -0.496 e. The number of carboxylic acids is 1. The average molecular weight is 267 g/mol. The lowest BCUT2D eigenvalue weighted by Crippen LogP contribution is -2.01. The van der Waals surface area contributed by atoms with Gasteiger partial charge in [-0.1, -0.05) is 0 Å². The van der Waals surface area contributed by atoms with Crippen LogP contribution in [0.5, 0.6) is 5.75 Å². The lowest BCUT2D eigenvalue weighted by Gasteiger charge is -2.07. The van der Waals surface area contributed by atoms with Crippen LogP contribution in [0.25, 0.3) is 10.4 Å². The Balaban J connectivity index is 2.51. The van der Waals surface area contributed by atoms with Crippen LogP contribution in [-0.2, 0) is 11.2 Å². The van der Waals surface area contributed by atoms with Crippen molar-refractivity contribution in [3.63, 3.8) is 0 Å². The highest BCUT2D eigenvalue weighted by molar-refractivity contribution is 7.13. The molecule has 0 aliphatic rings. The van der Waals surface area contributed by atoms with E-state index in [4.69, 9.17) is 9.84 Å². The van der Waals surface area contributed by atoms with Crippen molar-refractivity contribution < 1.29 is 19.0 Å². The number of thiazole rings is 1. The van der Waals surface area contributed by atoms with E-state index >= 15 is 0 Å². The third-order valence-corrected chi connectivity index (χ3v) is 3.27. The molecule has 0 radical (unpaired) electrons. The van der Waals surface area contributed by atoms with E-state index in [0.717, 1.165) is 0 Å². The summed E-state index contributed by atoms with van der Waals surface area (Å²) in [5.41, 5.74) is 2.48. The van der Waals surface area contributed by atoms with E-state index in [2.05, 4.69) is 4.98 Å². The highest BCUT2D eigenvalue weighted by atomic mass is 32.1. The Morgan fingerprint density at radius 2 is 2.33 bits per heavy atom. The number of aliphatic carboxylic acids is 1. The number of rotatable bonds is 4. The highest BCUT2D eigenvalue weighted by Crippen LogP contribution is 2.35. The number of benzene rings is 1. The molecule has 0 fully saturated rings. The smallest absolute Gasteiger partial charge is 0.309 e. The Hall–Kier alpha value is -1.95. The van der Waals surface area contributed by atoms with Crippen molar-refractivity contribution in [2.24, 2.45) is 0 Å². The van der Waals surface area contributed by atoms with Gasteiger partial charge in [0, 0.05) is 5.56 Å². The van der Waals surface area contributed by atoms with Gasteiger partial charge in [0.2, 0.25) is 0 Å². The number of methoxy groups -OCH3 is 1. The molecule has 2 rings (SSSR count). The number of carbonyl (C=O) groups is 1. The first kappa shape index (κ1) is 12.5. The predicted octanol–water partition coefficient (Wildman–Crippen LogP) is 2.58. The van der Waals surface area contributed by atoms with Crippen LogP contribution in [0.15, 0.2) is 23.7 Å². The van der Waals surface area contributed by atoms with E-state index in [1.54, 1.807) is 0 Å². The molecule has 0 unspecified atom stereocenters. The lowest BCUT2D eigenvalue weighted by molar-refractivity contribution is -0.136. The van der Waals surface area contributed by atoms with E-state index in [1.165, 1.54) is 42.2 Å². The molecule has 0 aliphatic carbocycles. The van der Waals surface area contributed by atoms with Gasteiger partial charge in [-0.25, -0.2) is 9.37 Å². The zero-order valence-corrected chi connectivity index (χ0v) is 10.3. The van der Waals surface area contributed by atoms with E-state index < -0.39 is 11.8 Å². The summed E-state index contributed by atoms with van der Waals surface area (Å²) in [5.74, 6) is -0.884. The Morgan fingerprint density at radius 3 is 3.00 bits per heavy atom. The van der Waals surface area contributed by atoms with E-state index in [0.29, 0.717) is 21.9 Å². The van der Waals surface area contributed by atoms with Crippen LogP contribution in [-0.4, -0.2) is 23.2 Å². The molecule has 1 N–H and O–H groups in total. The van der Waals surface area contributed by atoms with Gasteiger partial charge in [0.15, 0.2) is 0 Å². The molecule has 0 saturated heterocycles. The molecule has 4 nitrogen and oxygen atoms in total. The van der Waals surface area contributed by atoms with Crippen LogP contribution < -0.4 is 4.74 Å². The fourth-order valence-electron chi connectivity index (χ4n) is 1.62. The van der Waals surface area contributed by atoms with E-state index in [1.807, 2.05) is 0 Å². The Kier molecular flexibility index (Phi) is 3.57. The van der Waals surface area contributed by atoms with Crippen LogP contribution in [0, 0.1) is 5.82 Å². The van der Waals surface area contributed by atoms with Crippen molar-refractivity contribution >= 4 is 17.3 Å². The zero-order chi connectivity index (χ0) is 13.1. The number of halogens is 1. The van der Waals surface area contributed by atoms with E-state index in [-0.39, 0.29) is 6.42 Å². The van der Waals surface area contributed by atoms with Crippen molar-refractivity contribution in [3.05, 3.63) is 35.2 Å². The van der Waals surface area contributed by atoms with Crippen molar-refractivity contribution in [3.8, 4) is 16.2 Å². The molecule has 1 aromatic carbocycles. The number of nitrogens with zero attached hydrogens (tertiary/aromatic N) is 1. The number of hydrogen-bond acceptors (Lipinski definition) is 4. The molecule has 0 atom stereocenters. The first-order valence-electron chi connectivity index (χ1n) is 5.10. The number of ether oxygens (including phenoxy) is 1. The molecular formula is C12H10FNO3S. The summed E-state index contributed by atoms with van der Waals surface area (Å²) in [5, 5.41) is 8.80. The SMILES string of the molecule is COc1ccc(F)cc1-c1scnc1CC(=O)O. The summed E-state index contributed by atoms with van der Waals surface area (Å²) in [6.45, 7) is 0. The first-order chi connectivity index (χ1) is 8.61. The summed E-state index contributed by atoms with van der Waals surface area (Å²) in [6, 6.07) is 4.12. The fourth-order valence-corrected chi connectivity index (χ4v) is 2.45.